The number of likely N-dealkylation sites (tertiary alicyclic amines) is 1. The number of anilines is 1. The molecule has 2 saturated heterocycles. The molecule has 158 valence electrons. The predicted octanol–water partition coefficient (Wildman–Crippen LogP) is 4.35. The monoisotopic (exact) mass is 412 g/mol. The van der Waals surface area contributed by atoms with Crippen LogP contribution in [0.15, 0.2) is 36.4 Å². The van der Waals surface area contributed by atoms with Gasteiger partial charge in [-0.25, -0.2) is 8.78 Å². The Morgan fingerprint density at radius 2 is 1.70 bits per heavy atom. The number of hydrogen-bond donors (Lipinski definition) is 1. The molecule has 3 aliphatic rings. The number of piperidine rings is 1. The molecule has 5 rings (SSSR count). The Morgan fingerprint density at radius 3 is 2.37 bits per heavy atom. The number of carboxylic acid groups (broad SMARTS) is 1. The number of rotatable bonds is 4. The highest BCUT2D eigenvalue weighted by molar-refractivity contribution is 5.70. The summed E-state index contributed by atoms with van der Waals surface area (Å²) in [6, 6.07) is 11.0. The second-order valence-corrected chi connectivity index (χ2v) is 8.82. The summed E-state index contributed by atoms with van der Waals surface area (Å²) in [5.41, 5.74) is 4.02. The number of aliphatic carboxylic acids is 1. The van der Waals surface area contributed by atoms with E-state index in [1.807, 2.05) is 0 Å². The molecular formula is C24H26F2N2O2. The summed E-state index contributed by atoms with van der Waals surface area (Å²) in [6.45, 7) is 2.93. The predicted molar refractivity (Wildman–Crippen MR) is 111 cm³/mol. The van der Waals surface area contributed by atoms with E-state index >= 15 is 0 Å². The van der Waals surface area contributed by atoms with E-state index in [0.29, 0.717) is 19.1 Å². The number of carboxylic acids is 1. The molecule has 2 heterocycles. The van der Waals surface area contributed by atoms with Gasteiger partial charge in [0.25, 0.3) is 0 Å². The molecule has 4 nitrogen and oxygen atoms in total. The first-order chi connectivity index (χ1) is 14.5. The highest BCUT2D eigenvalue weighted by atomic mass is 19.1. The Labute approximate surface area is 175 Å². The van der Waals surface area contributed by atoms with Crippen molar-refractivity contribution >= 4 is 11.7 Å². The molecule has 2 aliphatic heterocycles. The molecule has 6 heteroatoms. The van der Waals surface area contributed by atoms with Gasteiger partial charge in [0.15, 0.2) is 0 Å². The van der Waals surface area contributed by atoms with E-state index in [1.165, 1.54) is 29.3 Å². The smallest absolute Gasteiger partial charge is 0.306 e. The number of nitrogens with zero attached hydrogens (tertiary/aromatic N) is 2. The van der Waals surface area contributed by atoms with Crippen LogP contribution in [0.5, 0.6) is 0 Å². The topological polar surface area (TPSA) is 43.8 Å². The molecule has 0 aromatic heterocycles. The van der Waals surface area contributed by atoms with Crippen LogP contribution in [0.1, 0.15) is 47.9 Å². The Bertz CT molecular complexity index is 945. The van der Waals surface area contributed by atoms with E-state index < -0.39 is 17.6 Å². The molecule has 2 fully saturated rings. The molecule has 0 amide bonds. The van der Waals surface area contributed by atoms with Crippen LogP contribution in [-0.4, -0.2) is 42.2 Å². The molecule has 0 radical (unpaired) electrons. The summed E-state index contributed by atoms with van der Waals surface area (Å²) in [5.74, 6) is -1.90. The summed E-state index contributed by atoms with van der Waals surface area (Å²) in [5, 5.41) is 9.22. The first-order valence-electron chi connectivity index (χ1n) is 10.8. The van der Waals surface area contributed by atoms with Crippen molar-refractivity contribution < 1.29 is 18.7 Å². The fourth-order valence-corrected chi connectivity index (χ4v) is 5.39. The van der Waals surface area contributed by atoms with Crippen LogP contribution < -0.4 is 4.90 Å². The average Bonchev–Trinajstić information content (AvgIpc) is 3.12. The first kappa shape index (κ1) is 19.5. The minimum absolute atomic E-state index is 0.109. The quantitative estimate of drug-likeness (QED) is 0.811. The van der Waals surface area contributed by atoms with Crippen LogP contribution in [0.3, 0.4) is 0 Å². The lowest BCUT2D eigenvalue weighted by Gasteiger charge is -2.42. The van der Waals surface area contributed by atoms with Crippen molar-refractivity contribution in [2.45, 2.75) is 37.6 Å². The van der Waals surface area contributed by atoms with Gasteiger partial charge in [-0.15, -0.1) is 0 Å². The van der Waals surface area contributed by atoms with Crippen molar-refractivity contribution in [3.05, 3.63) is 64.7 Å². The van der Waals surface area contributed by atoms with Crippen molar-refractivity contribution in [2.75, 3.05) is 31.1 Å². The average molecular weight is 412 g/mol. The number of benzene rings is 2. The van der Waals surface area contributed by atoms with Gasteiger partial charge in [-0.1, -0.05) is 12.1 Å². The van der Waals surface area contributed by atoms with Crippen LogP contribution in [-0.2, 0) is 11.2 Å². The summed E-state index contributed by atoms with van der Waals surface area (Å²) in [6.07, 6.45) is 3.54. The van der Waals surface area contributed by atoms with Crippen molar-refractivity contribution in [3.63, 3.8) is 0 Å². The lowest BCUT2D eigenvalue weighted by Crippen LogP contribution is -2.45. The molecule has 1 N–H and O–H groups in total. The molecule has 0 bridgehead atoms. The molecule has 0 saturated carbocycles. The molecule has 0 spiro atoms. The van der Waals surface area contributed by atoms with Crippen LogP contribution >= 0.6 is 0 Å². The third-order valence-corrected chi connectivity index (χ3v) is 7.15. The summed E-state index contributed by atoms with van der Waals surface area (Å²) in [7, 11) is 0. The largest absolute Gasteiger partial charge is 0.481 e. The fourth-order valence-electron chi connectivity index (χ4n) is 5.39. The number of aryl methyl sites for hydroxylation is 1. The molecular weight excluding hydrogens is 386 g/mol. The van der Waals surface area contributed by atoms with Gasteiger partial charge in [-0.3, -0.25) is 9.69 Å². The number of fused-ring (bicyclic) bond motifs is 1. The number of carbonyl (C=O) groups is 1. The Balaban J connectivity index is 1.25. The zero-order valence-corrected chi connectivity index (χ0v) is 16.9. The molecule has 30 heavy (non-hydrogen) atoms. The van der Waals surface area contributed by atoms with Crippen molar-refractivity contribution in [3.8, 4) is 0 Å². The van der Waals surface area contributed by atoms with E-state index in [2.05, 4.69) is 28.0 Å². The van der Waals surface area contributed by atoms with Crippen molar-refractivity contribution in [2.24, 2.45) is 5.92 Å². The van der Waals surface area contributed by atoms with Gasteiger partial charge in [-0.05, 0) is 74.2 Å². The molecule has 2 aromatic rings. The van der Waals surface area contributed by atoms with Gasteiger partial charge < -0.3 is 10.0 Å². The van der Waals surface area contributed by atoms with E-state index in [-0.39, 0.29) is 17.4 Å². The fraction of sp³-hybridized carbons (Fsp3) is 0.458. The van der Waals surface area contributed by atoms with Gasteiger partial charge >= 0.3 is 5.97 Å². The van der Waals surface area contributed by atoms with Gasteiger partial charge in [-0.2, -0.15) is 0 Å². The number of hydrogen-bond acceptors (Lipinski definition) is 3. The lowest BCUT2D eigenvalue weighted by molar-refractivity contribution is -0.143. The van der Waals surface area contributed by atoms with E-state index in [4.69, 9.17) is 0 Å². The summed E-state index contributed by atoms with van der Waals surface area (Å²) >= 11 is 0. The maximum Gasteiger partial charge on any atom is 0.306 e. The standard InChI is InChI=1S/C24H26F2N2O2/c25-20-2-1-3-21(26)23(20)17-13-28(14-17)18-5-6-19-16(12-18)4-7-22(19)27-10-8-15(9-11-27)24(29)30/h1-3,5-6,12,15,17,22H,4,7-11,13-14H2,(H,29,30). The summed E-state index contributed by atoms with van der Waals surface area (Å²) in [4.78, 5) is 15.8. The van der Waals surface area contributed by atoms with Crippen molar-refractivity contribution in [1.82, 2.24) is 4.90 Å². The minimum atomic E-state index is -0.672. The second-order valence-electron chi connectivity index (χ2n) is 8.82. The Hall–Kier alpha value is -2.47. The molecule has 2 aromatic carbocycles. The lowest BCUT2D eigenvalue weighted by atomic mass is 9.89. The first-order valence-corrected chi connectivity index (χ1v) is 10.8. The molecule has 1 aliphatic carbocycles. The zero-order chi connectivity index (χ0) is 20.8. The normalized spacial score (nSPS) is 22.7. The van der Waals surface area contributed by atoms with Gasteiger partial charge in [0, 0.05) is 36.3 Å². The van der Waals surface area contributed by atoms with Crippen LogP contribution in [0.25, 0.3) is 0 Å². The highest BCUT2D eigenvalue weighted by Gasteiger charge is 2.35. The second kappa shape index (κ2) is 7.65. The highest BCUT2D eigenvalue weighted by Crippen LogP contribution is 2.41. The van der Waals surface area contributed by atoms with Gasteiger partial charge in [0.2, 0.25) is 0 Å². The summed E-state index contributed by atoms with van der Waals surface area (Å²) < 4.78 is 28.0. The SMILES string of the molecule is O=C(O)C1CCN(C2CCc3cc(N4CC(c5c(F)cccc5F)C4)ccc32)CC1. The molecule has 1 atom stereocenters. The third-order valence-electron chi connectivity index (χ3n) is 7.15. The zero-order valence-electron chi connectivity index (χ0n) is 16.9. The maximum absolute atomic E-state index is 14.0. The van der Waals surface area contributed by atoms with E-state index in [9.17, 15) is 18.7 Å². The maximum atomic E-state index is 14.0. The van der Waals surface area contributed by atoms with Crippen LogP contribution in [0.4, 0.5) is 14.5 Å². The molecule has 1 unspecified atom stereocenters. The van der Waals surface area contributed by atoms with E-state index in [0.717, 1.165) is 44.5 Å². The van der Waals surface area contributed by atoms with Crippen LogP contribution in [0.2, 0.25) is 0 Å². The third kappa shape index (κ3) is 3.37. The van der Waals surface area contributed by atoms with Gasteiger partial charge in [0.05, 0.1) is 5.92 Å². The van der Waals surface area contributed by atoms with Crippen molar-refractivity contribution in [1.29, 1.82) is 0 Å². The van der Waals surface area contributed by atoms with E-state index in [1.54, 1.807) is 0 Å². The van der Waals surface area contributed by atoms with Crippen LogP contribution in [0, 0.1) is 17.6 Å². The Morgan fingerprint density at radius 1 is 1.00 bits per heavy atom. The minimum Gasteiger partial charge on any atom is -0.481 e. The Kier molecular flexibility index (Phi) is 4.97. The van der Waals surface area contributed by atoms with Gasteiger partial charge in [0.1, 0.15) is 11.6 Å². The number of halogens is 2.